The first-order valence-electron chi connectivity index (χ1n) is 3.76. The minimum atomic E-state index is -3.55. The van der Waals surface area contributed by atoms with Crippen molar-refractivity contribution in [3.8, 4) is 0 Å². The van der Waals surface area contributed by atoms with E-state index in [2.05, 4.69) is 17.3 Å². The second-order valence-corrected chi connectivity index (χ2v) is 4.03. The third-order valence-electron chi connectivity index (χ3n) is 0.904. The minimum Gasteiger partial charge on any atom is -0.545 e. The zero-order valence-electron chi connectivity index (χ0n) is 9.30. The molecule has 88 valence electrons. The van der Waals surface area contributed by atoms with Crippen LogP contribution in [0.4, 0.5) is 0 Å². The van der Waals surface area contributed by atoms with E-state index >= 15 is 0 Å². The number of aliphatic hydroxyl groups is 1. The topological polar surface area (TPSA) is 104 Å². The van der Waals surface area contributed by atoms with Gasteiger partial charge >= 0.3 is 39.7 Å². The largest absolute Gasteiger partial charge is 1.00 e. The van der Waals surface area contributed by atoms with Crippen molar-refractivity contribution in [3.05, 3.63) is 25.0 Å². The Morgan fingerprint density at radius 3 is 2.12 bits per heavy atom. The molecule has 0 aromatic heterocycles. The predicted octanol–water partition coefficient (Wildman–Crippen LogP) is -4.21. The Kier molecular flexibility index (Phi) is 14.6. The number of hydrogen-bond acceptors (Lipinski definition) is 6. The van der Waals surface area contributed by atoms with Crippen molar-refractivity contribution in [2.24, 2.45) is 0 Å². The van der Waals surface area contributed by atoms with Crippen LogP contribution in [0.3, 0.4) is 0 Å². The molecule has 0 rings (SSSR count). The van der Waals surface area contributed by atoms with Gasteiger partial charge in [0.2, 0.25) is 0 Å². The van der Waals surface area contributed by atoms with Crippen LogP contribution in [-0.4, -0.2) is 31.9 Å². The molecule has 1 N–H and O–H groups in total. The monoisotopic (exact) mass is 260 g/mol. The van der Waals surface area contributed by atoms with Crippen LogP contribution < -0.4 is 34.7 Å². The number of carbonyl (C=O) groups is 1. The zero-order chi connectivity index (χ0) is 12.5. The molecule has 0 bridgehead atoms. The number of aliphatic carboxylic acids is 1. The first-order chi connectivity index (χ1) is 6.76. The summed E-state index contributed by atoms with van der Waals surface area (Å²) in [6.45, 7) is 7.09. The van der Waals surface area contributed by atoms with Crippen molar-refractivity contribution in [2.75, 3.05) is 12.4 Å². The molecule has 0 aromatic rings. The molecule has 0 aliphatic heterocycles. The van der Waals surface area contributed by atoms with Crippen molar-refractivity contribution < 1.29 is 57.2 Å². The van der Waals surface area contributed by atoms with Gasteiger partial charge in [0, 0.05) is 0 Å². The van der Waals surface area contributed by atoms with Crippen molar-refractivity contribution in [1.82, 2.24) is 0 Å². The molecule has 0 saturated heterocycles. The van der Waals surface area contributed by atoms with E-state index < -0.39 is 22.7 Å². The summed E-state index contributed by atoms with van der Waals surface area (Å²) in [5.74, 6) is -1.58. The van der Waals surface area contributed by atoms with Gasteiger partial charge < -0.3 is 19.2 Å². The number of carboxylic acid groups (broad SMARTS) is 1. The van der Waals surface area contributed by atoms with Crippen molar-refractivity contribution >= 4 is 16.1 Å². The standard InChI is InChI=1S/C4H8O4S.C4H6O2.Na/c1-2-8-9(6,7)4-3-5;1-3(2)4(5)6;/h2,5H,1,3-4H2;1H2,2H3,(H,5,6);/q;;+1/p-1. The maximum atomic E-state index is 10.4. The summed E-state index contributed by atoms with van der Waals surface area (Å²) >= 11 is 0. The molecule has 16 heavy (non-hydrogen) atoms. The number of carboxylic acids is 1. The summed E-state index contributed by atoms with van der Waals surface area (Å²) < 4.78 is 24.8. The third-order valence-corrected chi connectivity index (χ3v) is 2.02. The predicted molar refractivity (Wildman–Crippen MR) is 52.0 cm³/mol. The summed E-state index contributed by atoms with van der Waals surface area (Å²) in [7, 11) is -3.55. The fourth-order valence-corrected chi connectivity index (χ4v) is 0.791. The third kappa shape index (κ3) is 16.1. The Morgan fingerprint density at radius 1 is 1.56 bits per heavy atom. The number of hydrogen-bond donors (Lipinski definition) is 1. The quantitative estimate of drug-likeness (QED) is 0.232. The van der Waals surface area contributed by atoms with E-state index in [1.54, 1.807) is 0 Å². The normalized spacial score (nSPS) is 8.88. The Balaban J connectivity index is -0.000000214. The fourth-order valence-electron chi connectivity index (χ4n) is 0.264. The van der Waals surface area contributed by atoms with Crippen molar-refractivity contribution in [1.29, 1.82) is 0 Å². The molecule has 0 aromatic carbocycles. The van der Waals surface area contributed by atoms with Crippen LogP contribution in [0.5, 0.6) is 0 Å². The average molecular weight is 260 g/mol. The summed E-state index contributed by atoms with van der Waals surface area (Å²) in [5, 5.41) is 17.6. The van der Waals surface area contributed by atoms with Crippen LogP contribution >= 0.6 is 0 Å². The summed E-state index contributed by atoms with van der Waals surface area (Å²) in [4.78, 5) is 9.49. The molecular weight excluding hydrogens is 247 g/mol. The maximum absolute atomic E-state index is 10.4. The molecule has 0 radical (unpaired) electrons. The second kappa shape index (κ2) is 11.2. The van der Waals surface area contributed by atoms with E-state index in [9.17, 15) is 18.3 Å². The molecule has 0 heterocycles. The fraction of sp³-hybridized carbons (Fsp3) is 0.375. The Labute approximate surface area is 117 Å². The number of aliphatic hydroxyl groups excluding tert-OH is 1. The molecule has 0 unspecified atom stereocenters. The van der Waals surface area contributed by atoms with Crippen molar-refractivity contribution in [3.63, 3.8) is 0 Å². The smallest absolute Gasteiger partial charge is 0.545 e. The Hall–Kier alpha value is -0.340. The molecular formula is C8H13NaO6S. The van der Waals surface area contributed by atoms with Crippen molar-refractivity contribution in [2.45, 2.75) is 6.92 Å². The van der Waals surface area contributed by atoms with Crippen LogP contribution in [0.15, 0.2) is 25.0 Å². The van der Waals surface area contributed by atoms with Crippen LogP contribution in [0, 0.1) is 0 Å². The van der Waals surface area contributed by atoms with Gasteiger partial charge in [0.25, 0.3) is 0 Å². The minimum absolute atomic E-state index is 0. The molecule has 0 fully saturated rings. The van der Waals surface area contributed by atoms with Gasteiger partial charge in [0.05, 0.1) is 18.8 Å². The zero-order valence-corrected chi connectivity index (χ0v) is 12.1. The van der Waals surface area contributed by atoms with Crippen LogP contribution in [0.1, 0.15) is 6.92 Å². The van der Waals surface area contributed by atoms with Gasteiger partial charge in [-0.3, -0.25) is 0 Å². The van der Waals surface area contributed by atoms with E-state index in [-0.39, 0.29) is 40.9 Å². The molecule has 0 aliphatic carbocycles. The molecule has 0 spiro atoms. The van der Waals surface area contributed by atoms with Crippen LogP contribution in [0.2, 0.25) is 0 Å². The number of rotatable bonds is 5. The summed E-state index contributed by atoms with van der Waals surface area (Å²) in [6.07, 6.45) is 0.811. The summed E-state index contributed by atoms with van der Waals surface area (Å²) in [5.41, 5.74) is 0.0648. The van der Waals surface area contributed by atoms with E-state index in [0.717, 1.165) is 6.26 Å². The van der Waals surface area contributed by atoms with Gasteiger partial charge in [0.1, 0.15) is 5.75 Å². The Bertz CT molecular complexity index is 309. The molecule has 0 atom stereocenters. The molecule has 8 heteroatoms. The van der Waals surface area contributed by atoms with Gasteiger partial charge in [0.15, 0.2) is 0 Å². The van der Waals surface area contributed by atoms with E-state index in [4.69, 9.17) is 5.11 Å². The molecule has 0 saturated carbocycles. The second-order valence-electron chi connectivity index (χ2n) is 2.32. The van der Waals surface area contributed by atoms with E-state index in [1.165, 1.54) is 6.92 Å². The molecule has 0 aliphatic rings. The van der Waals surface area contributed by atoms with E-state index in [1.807, 2.05) is 0 Å². The molecule has 0 amide bonds. The average Bonchev–Trinajstić information content (AvgIpc) is 2.04. The summed E-state index contributed by atoms with van der Waals surface area (Å²) in [6, 6.07) is 0. The number of carbonyl (C=O) groups excluding carboxylic acids is 1. The van der Waals surface area contributed by atoms with Crippen LogP contribution in [-0.2, 0) is 19.1 Å². The molecule has 6 nitrogen and oxygen atoms in total. The van der Waals surface area contributed by atoms with Gasteiger partial charge in [-0.2, -0.15) is 8.42 Å². The van der Waals surface area contributed by atoms with Gasteiger partial charge in [-0.1, -0.05) is 13.2 Å². The van der Waals surface area contributed by atoms with Gasteiger partial charge in [-0.05, 0) is 12.5 Å². The first-order valence-corrected chi connectivity index (χ1v) is 5.34. The van der Waals surface area contributed by atoms with Gasteiger partial charge in [-0.15, -0.1) is 0 Å². The first kappa shape index (κ1) is 21.0. The van der Waals surface area contributed by atoms with Crippen LogP contribution in [0.25, 0.3) is 0 Å². The maximum Gasteiger partial charge on any atom is 1.00 e. The Morgan fingerprint density at radius 2 is 1.94 bits per heavy atom. The van der Waals surface area contributed by atoms with E-state index in [0.29, 0.717) is 0 Å². The SMILES string of the molecule is C=C(C)C(=O)[O-].C=COS(=O)(=O)CCO.[Na+]. The van der Waals surface area contributed by atoms with Gasteiger partial charge in [-0.25, -0.2) is 0 Å².